The first kappa shape index (κ1) is 15.5. The van der Waals surface area contributed by atoms with Gasteiger partial charge in [-0.1, -0.05) is 0 Å². The molecule has 5 heteroatoms. The molecule has 1 aromatic rings. The maximum absolute atomic E-state index is 5.50. The fourth-order valence-corrected chi connectivity index (χ4v) is 3.00. The lowest BCUT2D eigenvalue weighted by molar-refractivity contribution is 0.0699. The average molecular weight is 297 g/mol. The van der Waals surface area contributed by atoms with Crippen LogP contribution in [0.3, 0.4) is 0 Å². The third-order valence-electron chi connectivity index (χ3n) is 3.53. The van der Waals surface area contributed by atoms with Gasteiger partial charge in [0.15, 0.2) is 11.5 Å². The summed E-state index contributed by atoms with van der Waals surface area (Å²) in [6.07, 6.45) is 4.40. The molecule has 112 valence electrons. The molecule has 1 heterocycles. The van der Waals surface area contributed by atoms with E-state index in [2.05, 4.69) is 17.6 Å². The topological polar surface area (TPSA) is 39.7 Å². The van der Waals surface area contributed by atoms with E-state index in [4.69, 9.17) is 14.2 Å². The molecule has 4 nitrogen and oxygen atoms in total. The Morgan fingerprint density at radius 1 is 1.30 bits per heavy atom. The molecule has 0 aliphatic carbocycles. The van der Waals surface area contributed by atoms with Gasteiger partial charge in [0.1, 0.15) is 0 Å². The molecular formula is C15H23NO3S. The van der Waals surface area contributed by atoms with Crippen molar-refractivity contribution in [2.75, 3.05) is 33.7 Å². The van der Waals surface area contributed by atoms with Crippen molar-refractivity contribution in [3.05, 3.63) is 17.7 Å². The van der Waals surface area contributed by atoms with Crippen LogP contribution < -0.4 is 14.8 Å². The van der Waals surface area contributed by atoms with Gasteiger partial charge in [0.05, 0.1) is 20.8 Å². The predicted molar refractivity (Wildman–Crippen MR) is 82.0 cm³/mol. The second kappa shape index (κ2) is 7.76. The standard InChI is InChI=1S/C15H23NO3S/c1-17-13-7-11(15(20-3)8-14(13)18-2)9-16-12-5-4-6-19-10-12/h7-8,12,16H,4-6,9-10H2,1-3H3. The van der Waals surface area contributed by atoms with Crippen LogP contribution in [0.4, 0.5) is 0 Å². The third kappa shape index (κ3) is 3.81. The van der Waals surface area contributed by atoms with Crippen molar-refractivity contribution in [2.24, 2.45) is 0 Å². The Morgan fingerprint density at radius 3 is 2.65 bits per heavy atom. The van der Waals surface area contributed by atoms with Gasteiger partial charge in [0, 0.05) is 24.1 Å². The zero-order chi connectivity index (χ0) is 14.4. The summed E-state index contributed by atoms with van der Waals surface area (Å²) in [6.45, 7) is 2.52. The van der Waals surface area contributed by atoms with Gasteiger partial charge in [-0.25, -0.2) is 0 Å². The largest absolute Gasteiger partial charge is 0.493 e. The Balaban J connectivity index is 2.08. The highest BCUT2D eigenvalue weighted by atomic mass is 32.2. The Labute approximate surface area is 125 Å². The summed E-state index contributed by atoms with van der Waals surface area (Å²) in [7, 11) is 3.34. The van der Waals surface area contributed by atoms with Gasteiger partial charge >= 0.3 is 0 Å². The summed E-state index contributed by atoms with van der Waals surface area (Å²) in [4.78, 5) is 1.21. The van der Waals surface area contributed by atoms with Gasteiger partial charge in [-0.2, -0.15) is 0 Å². The highest BCUT2D eigenvalue weighted by molar-refractivity contribution is 7.98. The van der Waals surface area contributed by atoms with Crippen LogP contribution in [0.15, 0.2) is 17.0 Å². The Morgan fingerprint density at radius 2 is 2.05 bits per heavy atom. The van der Waals surface area contributed by atoms with Gasteiger partial charge < -0.3 is 19.5 Å². The van der Waals surface area contributed by atoms with E-state index in [0.717, 1.165) is 37.7 Å². The third-order valence-corrected chi connectivity index (χ3v) is 4.35. The quantitative estimate of drug-likeness (QED) is 0.818. The molecule has 0 saturated carbocycles. The molecule has 1 aliphatic rings. The van der Waals surface area contributed by atoms with Crippen LogP contribution in [-0.2, 0) is 11.3 Å². The zero-order valence-electron chi connectivity index (χ0n) is 12.4. The molecular weight excluding hydrogens is 274 g/mol. The molecule has 0 aromatic heterocycles. The van der Waals surface area contributed by atoms with E-state index in [1.54, 1.807) is 26.0 Å². The lowest BCUT2D eigenvalue weighted by Gasteiger charge is -2.24. The van der Waals surface area contributed by atoms with E-state index in [1.807, 2.05) is 6.07 Å². The molecule has 1 unspecified atom stereocenters. The molecule has 0 bridgehead atoms. The van der Waals surface area contributed by atoms with Crippen molar-refractivity contribution in [2.45, 2.75) is 30.3 Å². The van der Waals surface area contributed by atoms with Crippen molar-refractivity contribution in [3.63, 3.8) is 0 Å². The number of rotatable bonds is 6. The fourth-order valence-electron chi connectivity index (χ4n) is 2.39. The minimum atomic E-state index is 0.451. The van der Waals surface area contributed by atoms with E-state index < -0.39 is 0 Å². The molecule has 1 aromatic carbocycles. The molecule has 1 atom stereocenters. The number of thioether (sulfide) groups is 1. The Hall–Kier alpha value is -0.910. The lowest BCUT2D eigenvalue weighted by atomic mass is 10.1. The van der Waals surface area contributed by atoms with Crippen molar-refractivity contribution >= 4 is 11.8 Å². The summed E-state index contributed by atoms with van der Waals surface area (Å²) >= 11 is 1.72. The SMILES string of the molecule is COc1cc(CNC2CCCOC2)c(SC)cc1OC. The number of hydrogen-bond donors (Lipinski definition) is 1. The molecule has 1 saturated heterocycles. The highest BCUT2D eigenvalue weighted by Gasteiger charge is 2.15. The predicted octanol–water partition coefficient (Wildman–Crippen LogP) is 2.69. The van der Waals surface area contributed by atoms with Crippen molar-refractivity contribution in [1.29, 1.82) is 0 Å². The van der Waals surface area contributed by atoms with Crippen molar-refractivity contribution in [1.82, 2.24) is 5.32 Å². The maximum Gasteiger partial charge on any atom is 0.161 e. The van der Waals surface area contributed by atoms with Gasteiger partial charge in [0.2, 0.25) is 0 Å². The van der Waals surface area contributed by atoms with Gasteiger partial charge in [0.25, 0.3) is 0 Å². The minimum Gasteiger partial charge on any atom is -0.493 e. The number of methoxy groups -OCH3 is 2. The zero-order valence-corrected chi connectivity index (χ0v) is 13.2. The maximum atomic E-state index is 5.50. The first-order chi connectivity index (χ1) is 9.78. The monoisotopic (exact) mass is 297 g/mol. The van der Waals surface area contributed by atoms with Crippen LogP contribution in [0.5, 0.6) is 11.5 Å². The summed E-state index contributed by atoms with van der Waals surface area (Å²) in [6, 6.07) is 4.55. The van der Waals surface area contributed by atoms with Gasteiger partial charge in [-0.05, 0) is 36.8 Å². The highest BCUT2D eigenvalue weighted by Crippen LogP contribution is 2.34. The number of nitrogens with one attached hydrogen (secondary N) is 1. The van der Waals surface area contributed by atoms with Crippen molar-refractivity contribution in [3.8, 4) is 11.5 Å². The van der Waals surface area contributed by atoms with E-state index in [1.165, 1.54) is 16.9 Å². The van der Waals surface area contributed by atoms with Crippen LogP contribution in [0, 0.1) is 0 Å². The summed E-state index contributed by atoms with van der Waals surface area (Å²) in [5.41, 5.74) is 1.24. The Bertz CT molecular complexity index is 433. The van der Waals surface area contributed by atoms with E-state index in [9.17, 15) is 0 Å². The number of benzene rings is 1. The van der Waals surface area contributed by atoms with Crippen LogP contribution in [0.1, 0.15) is 18.4 Å². The van der Waals surface area contributed by atoms with Crippen molar-refractivity contribution < 1.29 is 14.2 Å². The normalized spacial score (nSPS) is 18.9. The fraction of sp³-hybridized carbons (Fsp3) is 0.600. The molecule has 2 rings (SSSR count). The molecule has 1 fully saturated rings. The second-order valence-electron chi connectivity index (χ2n) is 4.81. The second-order valence-corrected chi connectivity index (χ2v) is 5.66. The molecule has 20 heavy (non-hydrogen) atoms. The van der Waals surface area contributed by atoms with Crippen LogP contribution in [0.2, 0.25) is 0 Å². The molecule has 0 spiro atoms. The molecule has 1 N–H and O–H groups in total. The van der Waals surface area contributed by atoms with E-state index in [-0.39, 0.29) is 0 Å². The minimum absolute atomic E-state index is 0.451. The molecule has 0 radical (unpaired) electrons. The molecule has 0 amide bonds. The lowest BCUT2D eigenvalue weighted by Crippen LogP contribution is -2.36. The first-order valence-electron chi connectivity index (χ1n) is 6.88. The molecule has 1 aliphatic heterocycles. The number of hydrogen-bond acceptors (Lipinski definition) is 5. The van der Waals surface area contributed by atoms with Gasteiger partial charge in [-0.15, -0.1) is 11.8 Å². The number of ether oxygens (including phenoxy) is 3. The van der Waals surface area contributed by atoms with Gasteiger partial charge in [-0.3, -0.25) is 0 Å². The van der Waals surface area contributed by atoms with E-state index >= 15 is 0 Å². The van der Waals surface area contributed by atoms with Crippen LogP contribution >= 0.6 is 11.8 Å². The summed E-state index contributed by atoms with van der Waals surface area (Å²) in [5.74, 6) is 1.56. The van der Waals surface area contributed by atoms with E-state index in [0.29, 0.717) is 6.04 Å². The summed E-state index contributed by atoms with van der Waals surface area (Å²) in [5, 5.41) is 3.57. The summed E-state index contributed by atoms with van der Waals surface area (Å²) < 4.78 is 16.2. The van der Waals surface area contributed by atoms with Crippen LogP contribution in [-0.4, -0.2) is 39.7 Å². The first-order valence-corrected chi connectivity index (χ1v) is 8.11. The smallest absolute Gasteiger partial charge is 0.161 e. The van der Waals surface area contributed by atoms with Crippen LogP contribution in [0.25, 0.3) is 0 Å². The Kier molecular flexibility index (Phi) is 6.01. The average Bonchev–Trinajstić information content (AvgIpc) is 2.52.